The molecular weight excluding hydrogens is 337 g/mol. The van der Waals surface area contributed by atoms with Crippen molar-refractivity contribution >= 4 is 22.9 Å². The number of aryl methyl sites for hydroxylation is 2. The molecule has 3 aromatic rings. The lowest BCUT2D eigenvalue weighted by Gasteiger charge is -2.08. The molecule has 0 saturated heterocycles. The van der Waals surface area contributed by atoms with Crippen molar-refractivity contribution in [3.63, 3.8) is 0 Å². The molecule has 0 aliphatic carbocycles. The van der Waals surface area contributed by atoms with Crippen molar-refractivity contribution in [1.29, 1.82) is 0 Å². The summed E-state index contributed by atoms with van der Waals surface area (Å²) in [7, 11) is 1.65. The quantitative estimate of drug-likeness (QED) is 0.653. The lowest BCUT2D eigenvalue weighted by Crippen LogP contribution is -2.08. The van der Waals surface area contributed by atoms with Gasteiger partial charge < -0.3 is 4.57 Å². The zero-order chi connectivity index (χ0) is 17.5. The standard InChI is InChI=1S/C16H15F3N4S/c1-4-24-11-7-9(2)8-20-13(11)15-21-10-5-6-12(16(17,18)19)22-14(10)23(15)3/h5-8H,4H2,1-3H3. The normalized spacial score (nSPS) is 12.1. The van der Waals surface area contributed by atoms with Crippen molar-refractivity contribution in [2.75, 3.05) is 5.75 Å². The number of rotatable bonds is 3. The molecule has 0 unspecified atom stereocenters. The summed E-state index contributed by atoms with van der Waals surface area (Å²) < 4.78 is 40.2. The van der Waals surface area contributed by atoms with E-state index in [2.05, 4.69) is 15.0 Å². The van der Waals surface area contributed by atoms with Gasteiger partial charge in [-0.25, -0.2) is 9.97 Å². The lowest BCUT2D eigenvalue weighted by molar-refractivity contribution is -0.141. The Morgan fingerprint density at radius 2 is 1.96 bits per heavy atom. The number of aromatic nitrogens is 4. The Balaban J connectivity index is 2.19. The number of hydrogen-bond donors (Lipinski definition) is 0. The van der Waals surface area contributed by atoms with E-state index in [1.165, 1.54) is 6.07 Å². The molecule has 4 nitrogen and oxygen atoms in total. The number of imidazole rings is 1. The minimum Gasteiger partial charge on any atom is -0.310 e. The van der Waals surface area contributed by atoms with Crippen LogP contribution in [0.5, 0.6) is 0 Å². The first-order valence-electron chi connectivity index (χ1n) is 7.31. The average molecular weight is 352 g/mol. The van der Waals surface area contributed by atoms with E-state index in [4.69, 9.17) is 0 Å². The molecule has 0 spiro atoms. The Kier molecular flexibility index (Phi) is 4.25. The molecule has 0 bridgehead atoms. The third-order valence-electron chi connectivity index (χ3n) is 3.51. The van der Waals surface area contributed by atoms with Gasteiger partial charge in [-0.3, -0.25) is 4.98 Å². The minimum atomic E-state index is -4.48. The third-order valence-corrected chi connectivity index (χ3v) is 4.42. The average Bonchev–Trinajstić information content (AvgIpc) is 2.84. The van der Waals surface area contributed by atoms with E-state index < -0.39 is 11.9 Å². The van der Waals surface area contributed by atoms with E-state index in [0.29, 0.717) is 17.0 Å². The Morgan fingerprint density at radius 1 is 1.21 bits per heavy atom. The van der Waals surface area contributed by atoms with Crippen molar-refractivity contribution < 1.29 is 13.2 Å². The maximum absolute atomic E-state index is 12.9. The van der Waals surface area contributed by atoms with Crippen molar-refractivity contribution in [1.82, 2.24) is 19.5 Å². The SMILES string of the molecule is CCSc1cc(C)cnc1-c1nc2ccc(C(F)(F)F)nc2n1C. The summed E-state index contributed by atoms with van der Waals surface area (Å²) in [5.41, 5.74) is 1.35. The highest BCUT2D eigenvalue weighted by Crippen LogP contribution is 2.33. The number of alkyl halides is 3. The molecule has 0 amide bonds. The van der Waals surface area contributed by atoms with Gasteiger partial charge in [0.1, 0.15) is 16.9 Å². The summed E-state index contributed by atoms with van der Waals surface area (Å²) in [5.74, 6) is 1.37. The van der Waals surface area contributed by atoms with Crippen LogP contribution in [-0.4, -0.2) is 25.3 Å². The zero-order valence-corrected chi connectivity index (χ0v) is 14.2. The zero-order valence-electron chi connectivity index (χ0n) is 13.3. The fourth-order valence-corrected chi connectivity index (χ4v) is 3.27. The highest BCUT2D eigenvalue weighted by Gasteiger charge is 2.33. The Morgan fingerprint density at radius 3 is 2.62 bits per heavy atom. The van der Waals surface area contributed by atoms with E-state index >= 15 is 0 Å². The van der Waals surface area contributed by atoms with Gasteiger partial charge in [-0.05, 0) is 36.4 Å². The molecule has 0 radical (unpaired) electrons. The summed E-state index contributed by atoms with van der Waals surface area (Å²) >= 11 is 1.62. The van der Waals surface area contributed by atoms with Crippen LogP contribution in [-0.2, 0) is 13.2 Å². The summed E-state index contributed by atoms with van der Waals surface area (Å²) in [4.78, 5) is 13.6. The first-order chi connectivity index (χ1) is 11.3. The molecule has 126 valence electrons. The first kappa shape index (κ1) is 16.8. The van der Waals surface area contributed by atoms with Crippen molar-refractivity contribution in [2.24, 2.45) is 7.05 Å². The maximum atomic E-state index is 12.9. The van der Waals surface area contributed by atoms with Crippen LogP contribution in [0.25, 0.3) is 22.7 Å². The summed E-state index contributed by atoms with van der Waals surface area (Å²) in [6.45, 7) is 3.98. The fourth-order valence-electron chi connectivity index (χ4n) is 2.41. The predicted octanol–water partition coefficient (Wildman–Crippen LogP) is 4.47. The van der Waals surface area contributed by atoms with Gasteiger partial charge in [0.2, 0.25) is 0 Å². The second-order valence-electron chi connectivity index (χ2n) is 5.32. The number of thioether (sulfide) groups is 1. The van der Waals surface area contributed by atoms with Crippen LogP contribution < -0.4 is 0 Å². The highest BCUT2D eigenvalue weighted by atomic mass is 32.2. The molecule has 0 atom stereocenters. The molecule has 24 heavy (non-hydrogen) atoms. The molecule has 0 aliphatic rings. The molecule has 3 heterocycles. The van der Waals surface area contributed by atoms with Crippen molar-refractivity contribution in [3.05, 3.63) is 35.7 Å². The number of pyridine rings is 2. The van der Waals surface area contributed by atoms with Crippen LogP contribution in [0.15, 0.2) is 29.3 Å². The van der Waals surface area contributed by atoms with Gasteiger partial charge in [-0.1, -0.05) is 6.92 Å². The highest BCUT2D eigenvalue weighted by molar-refractivity contribution is 7.99. The van der Waals surface area contributed by atoms with Gasteiger partial charge >= 0.3 is 6.18 Å². The number of halogens is 3. The molecular formula is C16H15F3N4S. The van der Waals surface area contributed by atoms with E-state index in [1.807, 2.05) is 19.9 Å². The fraction of sp³-hybridized carbons (Fsp3) is 0.312. The summed E-state index contributed by atoms with van der Waals surface area (Å²) in [6, 6.07) is 4.29. The molecule has 8 heteroatoms. The molecule has 0 N–H and O–H groups in total. The van der Waals surface area contributed by atoms with Crippen LogP contribution in [0.4, 0.5) is 13.2 Å². The summed E-state index contributed by atoms with van der Waals surface area (Å²) in [5, 5.41) is 0. The predicted molar refractivity (Wildman–Crippen MR) is 87.9 cm³/mol. The second-order valence-corrected chi connectivity index (χ2v) is 6.63. The lowest BCUT2D eigenvalue weighted by atomic mass is 10.2. The molecule has 3 rings (SSSR count). The van der Waals surface area contributed by atoms with E-state index in [0.717, 1.165) is 22.3 Å². The van der Waals surface area contributed by atoms with Crippen LogP contribution >= 0.6 is 11.8 Å². The van der Waals surface area contributed by atoms with Gasteiger partial charge in [-0.15, -0.1) is 11.8 Å². The van der Waals surface area contributed by atoms with Gasteiger partial charge in [0, 0.05) is 18.1 Å². The first-order valence-corrected chi connectivity index (χ1v) is 8.30. The molecule has 0 fully saturated rings. The van der Waals surface area contributed by atoms with Crippen molar-refractivity contribution in [2.45, 2.75) is 24.9 Å². The van der Waals surface area contributed by atoms with Gasteiger partial charge in [0.15, 0.2) is 11.5 Å². The van der Waals surface area contributed by atoms with E-state index in [1.54, 1.807) is 29.6 Å². The summed E-state index contributed by atoms with van der Waals surface area (Å²) in [6.07, 6.45) is -2.76. The molecule has 0 aromatic carbocycles. The van der Waals surface area contributed by atoms with Crippen LogP contribution in [0.2, 0.25) is 0 Å². The monoisotopic (exact) mass is 352 g/mol. The largest absolute Gasteiger partial charge is 0.433 e. The number of fused-ring (bicyclic) bond motifs is 1. The maximum Gasteiger partial charge on any atom is 0.433 e. The minimum absolute atomic E-state index is 0.189. The van der Waals surface area contributed by atoms with Crippen molar-refractivity contribution in [3.8, 4) is 11.5 Å². The Hall–Kier alpha value is -2.09. The Bertz CT molecular complexity index is 902. The Labute approximate surface area is 141 Å². The van der Waals surface area contributed by atoms with E-state index in [-0.39, 0.29) is 5.65 Å². The molecule has 0 saturated carbocycles. The van der Waals surface area contributed by atoms with Crippen LogP contribution in [0.3, 0.4) is 0 Å². The topological polar surface area (TPSA) is 43.6 Å². The van der Waals surface area contributed by atoms with Crippen LogP contribution in [0, 0.1) is 6.92 Å². The van der Waals surface area contributed by atoms with Gasteiger partial charge in [-0.2, -0.15) is 13.2 Å². The van der Waals surface area contributed by atoms with E-state index in [9.17, 15) is 13.2 Å². The molecule has 3 aromatic heterocycles. The second kappa shape index (κ2) is 6.08. The van der Waals surface area contributed by atoms with Gasteiger partial charge in [0.05, 0.1) is 0 Å². The molecule has 0 aliphatic heterocycles. The number of nitrogens with zero attached hydrogens (tertiary/aromatic N) is 4. The van der Waals surface area contributed by atoms with Gasteiger partial charge in [0.25, 0.3) is 0 Å². The third kappa shape index (κ3) is 2.98. The number of hydrogen-bond acceptors (Lipinski definition) is 4. The van der Waals surface area contributed by atoms with Crippen LogP contribution in [0.1, 0.15) is 18.2 Å². The smallest absolute Gasteiger partial charge is 0.310 e.